The van der Waals surface area contributed by atoms with E-state index in [2.05, 4.69) is 15.2 Å². The van der Waals surface area contributed by atoms with Crippen LogP contribution in [0.15, 0.2) is 58.1 Å². The van der Waals surface area contributed by atoms with Crippen LogP contribution in [0.1, 0.15) is 16.1 Å². The zero-order valence-corrected chi connectivity index (χ0v) is 16.2. The third kappa shape index (κ3) is 4.24. The summed E-state index contributed by atoms with van der Waals surface area (Å²) < 4.78 is 32.4. The fourth-order valence-corrected chi connectivity index (χ4v) is 4.07. The van der Waals surface area contributed by atoms with Crippen molar-refractivity contribution in [2.24, 2.45) is 0 Å². The van der Waals surface area contributed by atoms with Crippen molar-refractivity contribution in [2.45, 2.75) is 11.8 Å². The third-order valence-electron chi connectivity index (χ3n) is 3.59. The van der Waals surface area contributed by atoms with E-state index in [1.807, 2.05) is 0 Å². The van der Waals surface area contributed by atoms with Crippen molar-refractivity contribution >= 4 is 50.5 Å². The van der Waals surface area contributed by atoms with Gasteiger partial charge in [-0.05, 0) is 37.3 Å². The number of carbonyl (C=O) groups is 1. The first-order chi connectivity index (χ1) is 12.8. The quantitative estimate of drug-likeness (QED) is 0.632. The molecule has 0 radical (unpaired) electrons. The summed E-state index contributed by atoms with van der Waals surface area (Å²) in [6.45, 7) is 1.60. The Morgan fingerprint density at radius 1 is 1.11 bits per heavy atom. The van der Waals surface area contributed by atoms with Gasteiger partial charge in [0.2, 0.25) is 0 Å². The van der Waals surface area contributed by atoms with Gasteiger partial charge in [0.1, 0.15) is 16.2 Å². The topological polar surface area (TPSA) is 101 Å². The van der Waals surface area contributed by atoms with Crippen LogP contribution in [-0.2, 0) is 10.0 Å². The van der Waals surface area contributed by atoms with Crippen LogP contribution in [0, 0.1) is 6.92 Å². The molecule has 1 heterocycles. The normalized spacial score (nSPS) is 11.2. The Morgan fingerprint density at radius 2 is 1.85 bits per heavy atom. The molecule has 1 amide bonds. The van der Waals surface area contributed by atoms with Gasteiger partial charge in [0.25, 0.3) is 15.9 Å². The number of nitrogens with zero attached hydrogens (tertiary/aromatic N) is 1. The van der Waals surface area contributed by atoms with E-state index in [-0.39, 0.29) is 26.2 Å². The Labute approximate surface area is 165 Å². The van der Waals surface area contributed by atoms with Crippen LogP contribution in [-0.4, -0.2) is 19.5 Å². The summed E-state index contributed by atoms with van der Waals surface area (Å²) in [5, 5.41) is 6.41. The molecule has 3 aromatic rings. The Hall–Kier alpha value is -2.55. The van der Waals surface area contributed by atoms with E-state index in [0.29, 0.717) is 11.4 Å². The van der Waals surface area contributed by atoms with E-state index in [9.17, 15) is 13.2 Å². The summed E-state index contributed by atoms with van der Waals surface area (Å²) in [6, 6.07) is 10.4. The number of aryl methyl sites for hydroxylation is 1. The van der Waals surface area contributed by atoms with Crippen molar-refractivity contribution in [2.75, 3.05) is 10.0 Å². The molecule has 1 aromatic heterocycles. The number of amides is 1. The molecule has 0 aliphatic heterocycles. The van der Waals surface area contributed by atoms with Crippen molar-refractivity contribution in [3.63, 3.8) is 0 Å². The van der Waals surface area contributed by atoms with Crippen LogP contribution < -0.4 is 10.0 Å². The Balaban J connectivity index is 1.87. The van der Waals surface area contributed by atoms with E-state index >= 15 is 0 Å². The van der Waals surface area contributed by atoms with Crippen LogP contribution >= 0.6 is 23.2 Å². The van der Waals surface area contributed by atoms with Gasteiger partial charge in [-0.25, -0.2) is 8.42 Å². The Morgan fingerprint density at radius 3 is 2.52 bits per heavy atom. The van der Waals surface area contributed by atoms with Crippen molar-refractivity contribution < 1.29 is 17.7 Å². The number of sulfonamides is 1. The summed E-state index contributed by atoms with van der Waals surface area (Å²) in [5.41, 5.74) is 0.696. The predicted molar refractivity (Wildman–Crippen MR) is 103 cm³/mol. The van der Waals surface area contributed by atoms with Crippen molar-refractivity contribution in [1.82, 2.24) is 5.16 Å². The monoisotopic (exact) mass is 425 g/mol. The highest BCUT2D eigenvalue weighted by atomic mass is 35.5. The summed E-state index contributed by atoms with van der Waals surface area (Å²) in [5.74, 6) is -0.0860. The second kappa shape index (κ2) is 7.59. The highest BCUT2D eigenvalue weighted by Crippen LogP contribution is 2.30. The van der Waals surface area contributed by atoms with Gasteiger partial charge in [0.05, 0.1) is 21.9 Å². The number of halogens is 2. The maximum absolute atomic E-state index is 12.6. The minimum atomic E-state index is -3.97. The molecule has 10 heteroatoms. The van der Waals surface area contributed by atoms with Gasteiger partial charge in [-0.1, -0.05) is 40.5 Å². The first-order valence-electron chi connectivity index (χ1n) is 7.57. The highest BCUT2D eigenvalue weighted by molar-refractivity contribution is 7.92. The Bertz CT molecular complexity index is 1110. The van der Waals surface area contributed by atoms with E-state index in [4.69, 9.17) is 27.7 Å². The number of carbonyl (C=O) groups excluding carboxylic acids is 1. The molecule has 0 unspecified atom stereocenters. The molecule has 2 aromatic carbocycles. The minimum absolute atomic E-state index is 0.0773. The zero-order valence-electron chi connectivity index (χ0n) is 13.9. The van der Waals surface area contributed by atoms with Gasteiger partial charge < -0.3 is 9.84 Å². The highest BCUT2D eigenvalue weighted by Gasteiger charge is 2.20. The summed E-state index contributed by atoms with van der Waals surface area (Å²) in [6.07, 6.45) is 1.29. The number of benzene rings is 2. The van der Waals surface area contributed by atoms with Crippen LogP contribution in [0.5, 0.6) is 0 Å². The van der Waals surface area contributed by atoms with Crippen LogP contribution in [0.4, 0.5) is 11.4 Å². The van der Waals surface area contributed by atoms with E-state index in [0.717, 1.165) is 0 Å². The number of rotatable bonds is 5. The van der Waals surface area contributed by atoms with Gasteiger partial charge >= 0.3 is 0 Å². The van der Waals surface area contributed by atoms with E-state index < -0.39 is 15.9 Å². The van der Waals surface area contributed by atoms with Crippen molar-refractivity contribution in [3.05, 3.63) is 70.0 Å². The second-order valence-corrected chi connectivity index (χ2v) is 7.95. The fourth-order valence-electron chi connectivity index (χ4n) is 2.26. The number of hydrogen-bond acceptors (Lipinski definition) is 5. The number of nitrogens with one attached hydrogen (secondary N) is 2. The molecule has 0 saturated heterocycles. The molecule has 0 aliphatic rings. The lowest BCUT2D eigenvalue weighted by Crippen LogP contribution is -2.15. The van der Waals surface area contributed by atoms with Gasteiger partial charge in [-0.3, -0.25) is 9.52 Å². The van der Waals surface area contributed by atoms with Gasteiger partial charge in [-0.15, -0.1) is 0 Å². The number of anilines is 2. The molecule has 2 N–H and O–H groups in total. The molecule has 7 nitrogen and oxygen atoms in total. The first-order valence-corrected chi connectivity index (χ1v) is 9.81. The lowest BCUT2D eigenvalue weighted by atomic mass is 10.2. The SMILES string of the molecule is Cc1oncc1C(=O)Nc1ccc(Cl)c(NS(=O)(=O)c2ccccc2Cl)c1. The standard InChI is InChI=1S/C17H13Cl2N3O4S/c1-10-12(9-20-26-10)17(23)21-11-6-7-13(18)15(8-11)22-27(24,25)16-5-3-2-4-14(16)19/h2-9,22H,1H3,(H,21,23). The summed E-state index contributed by atoms with van der Waals surface area (Å²) >= 11 is 12.1. The van der Waals surface area contributed by atoms with Crippen LogP contribution in [0.3, 0.4) is 0 Å². The van der Waals surface area contributed by atoms with Gasteiger partial charge in [0.15, 0.2) is 0 Å². The first kappa shape index (κ1) is 19.2. The smallest absolute Gasteiger partial charge is 0.263 e. The molecule has 0 atom stereocenters. The lowest BCUT2D eigenvalue weighted by molar-refractivity contribution is 0.102. The maximum Gasteiger partial charge on any atom is 0.263 e. The second-order valence-electron chi connectivity index (χ2n) is 5.48. The largest absolute Gasteiger partial charge is 0.361 e. The molecule has 0 fully saturated rings. The molecular formula is C17H13Cl2N3O4S. The Kier molecular flexibility index (Phi) is 5.41. The van der Waals surface area contributed by atoms with Crippen molar-refractivity contribution in [1.29, 1.82) is 0 Å². The van der Waals surface area contributed by atoms with Gasteiger partial charge in [0, 0.05) is 5.69 Å². The molecule has 27 heavy (non-hydrogen) atoms. The molecular weight excluding hydrogens is 413 g/mol. The number of aromatic nitrogens is 1. The maximum atomic E-state index is 12.6. The average molecular weight is 426 g/mol. The molecule has 0 saturated carbocycles. The third-order valence-corrected chi connectivity index (χ3v) is 5.78. The average Bonchev–Trinajstić information content (AvgIpc) is 3.04. The fraction of sp³-hybridized carbons (Fsp3) is 0.0588. The lowest BCUT2D eigenvalue weighted by Gasteiger charge is -2.12. The van der Waals surface area contributed by atoms with E-state index in [1.54, 1.807) is 19.1 Å². The molecule has 3 rings (SSSR count). The van der Waals surface area contributed by atoms with Gasteiger partial charge in [-0.2, -0.15) is 0 Å². The molecule has 140 valence electrons. The molecule has 0 spiro atoms. The van der Waals surface area contributed by atoms with Crippen LogP contribution in [0.25, 0.3) is 0 Å². The number of hydrogen-bond donors (Lipinski definition) is 2. The minimum Gasteiger partial charge on any atom is -0.361 e. The predicted octanol–water partition coefficient (Wildman–Crippen LogP) is 4.34. The zero-order chi connectivity index (χ0) is 19.6. The molecule has 0 bridgehead atoms. The molecule has 0 aliphatic carbocycles. The van der Waals surface area contributed by atoms with E-state index in [1.165, 1.54) is 36.5 Å². The van der Waals surface area contributed by atoms with Crippen molar-refractivity contribution in [3.8, 4) is 0 Å². The van der Waals surface area contributed by atoms with Crippen LogP contribution in [0.2, 0.25) is 10.0 Å². The summed E-state index contributed by atoms with van der Waals surface area (Å²) in [4.78, 5) is 12.2. The summed E-state index contributed by atoms with van der Waals surface area (Å²) in [7, 11) is -3.97.